The van der Waals surface area contributed by atoms with E-state index in [1.165, 1.54) is 12.1 Å². The first-order chi connectivity index (χ1) is 17.0. The van der Waals surface area contributed by atoms with Crippen LogP contribution in [0, 0.1) is 12.7 Å². The summed E-state index contributed by atoms with van der Waals surface area (Å²) in [5.41, 5.74) is 3.00. The largest absolute Gasteiger partial charge is 0.367 e. The van der Waals surface area contributed by atoms with Crippen LogP contribution in [0.3, 0.4) is 0 Å². The van der Waals surface area contributed by atoms with Crippen molar-refractivity contribution in [3.63, 3.8) is 0 Å². The van der Waals surface area contributed by atoms with Crippen molar-refractivity contribution in [3.05, 3.63) is 77.5 Å². The van der Waals surface area contributed by atoms with Crippen molar-refractivity contribution >= 4 is 22.8 Å². The summed E-state index contributed by atoms with van der Waals surface area (Å²) >= 11 is 0. The first-order valence-corrected chi connectivity index (χ1v) is 12.2. The molecule has 2 aromatic carbocycles. The Hall–Kier alpha value is -3.81. The summed E-state index contributed by atoms with van der Waals surface area (Å²) in [6.07, 6.45) is 4.20. The molecule has 0 spiro atoms. The first-order valence-electron chi connectivity index (χ1n) is 12.2. The molecule has 8 heteroatoms. The minimum Gasteiger partial charge on any atom is -0.367 e. The van der Waals surface area contributed by atoms with Crippen LogP contribution in [0.5, 0.6) is 0 Å². The van der Waals surface area contributed by atoms with Gasteiger partial charge >= 0.3 is 0 Å². The lowest BCUT2D eigenvalue weighted by molar-refractivity contribution is 0.0926. The predicted octanol–water partition coefficient (Wildman–Crippen LogP) is 4.98. The van der Waals surface area contributed by atoms with Crippen molar-refractivity contribution in [3.8, 4) is 5.69 Å². The van der Waals surface area contributed by atoms with Crippen molar-refractivity contribution in [2.24, 2.45) is 0 Å². The van der Waals surface area contributed by atoms with Gasteiger partial charge in [-0.05, 0) is 62.9 Å². The minimum atomic E-state index is -0.404. The van der Waals surface area contributed by atoms with Crippen LogP contribution in [0.2, 0.25) is 0 Å². The number of rotatable bonds is 6. The summed E-state index contributed by atoms with van der Waals surface area (Å²) < 4.78 is 15.3. The standard InChI is InChI=1S/C27H29FN6O/c1-3-23-31-25(24-17(2)33-34(26(24)32-23)22-10-5-4-6-11-22)29-20-12-14-21(15-13-20)30-27(35)18-8-7-9-19(28)16-18/h4-11,16,20-21H,3,12-15H2,1-2H3,(H,30,35)(H,29,31,32). The highest BCUT2D eigenvalue weighted by Crippen LogP contribution is 2.29. The van der Waals surface area contributed by atoms with Gasteiger partial charge in [0.05, 0.1) is 16.8 Å². The summed E-state index contributed by atoms with van der Waals surface area (Å²) in [6, 6.07) is 16.1. The number of para-hydroxylation sites is 1. The van der Waals surface area contributed by atoms with Gasteiger partial charge in [0.25, 0.3) is 5.91 Å². The van der Waals surface area contributed by atoms with E-state index in [0.717, 1.165) is 66.2 Å². The Bertz CT molecular complexity index is 1340. The minimum absolute atomic E-state index is 0.0722. The van der Waals surface area contributed by atoms with Crippen molar-refractivity contribution < 1.29 is 9.18 Å². The summed E-state index contributed by atoms with van der Waals surface area (Å²) in [5, 5.41) is 12.4. The van der Waals surface area contributed by atoms with Crippen LogP contribution in [0.1, 0.15) is 54.5 Å². The first kappa shape index (κ1) is 23.0. The molecule has 0 unspecified atom stereocenters. The molecular formula is C27H29FN6O. The van der Waals surface area contributed by atoms with Crippen LogP contribution >= 0.6 is 0 Å². The van der Waals surface area contributed by atoms with E-state index in [4.69, 9.17) is 15.1 Å². The third kappa shape index (κ3) is 4.87. The summed E-state index contributed by atoms with van der Waals surface area (Å²) in [4.78, 5) is 22.1. The van der Waals surface area contributed by atoms with E-state index in [9.17, 15) is 9.18 Å². The number of aromatic nitrogens is 4. The molecule has 1 saturated carbocycles. The van der Waals surface area contributed by atoms with Crippen molar-refractivity contribution in [1.29, 1.82) is 0 Å². The van der Waals surface area contributed by atoms with Crippen LogP contribution in [0.15, 0.2) is 54.6 Å². The van der Waals surface area contributed by atoms with E-state index >= 15 is 0 Å². The highest BCUT2D eigenvalue weighted by atomic mass is 19.1. The maximum atomic E-state index is 13.5. The number of amides is 1. The fraction of sp³-hybridized carbons (Fsp3) is 0.333. The molecule has 4 aromatic rings. The van der Waals surface area contributed by atoms with Crippen LogP contribution in [-0.2, 0) is 6.42 Å². The molecule has 2 aromatic heterocycles. The number of carbonyl (C=O) groups excluding carboxylic acids is 1. The topological polar surface area (TPSA) is 84.7 Å². The van der Waals surface area contributed by atoms with Crippen LogP contribution in [0.25, 0.3) is 16.7 Å². The monoisotopic (exact) mass is 472 g/mol. The van der Waals surface area contributed by atoms with Gasteiger partial charge in [0.15, 0.2) is 5.65 Å². The smallest absolute Gasteiger partial charge is 0.251 e. The number of hydrogen-bond acceptors (Lipinski definition) is 5. The zero-order chi connectivity index (χ0) is 24.4. The van der Waals surface area contributed by atoms with Gasteiger partial charge in [0, 0.05) is 24.1 Å². The van der Waals surface area contributed by atoms with E-state index in [1.807, 2.05) is 48.9 Å². The summed E-state index contributed by atoms with van der Waals surface area (Å²) in [5.74, 6) is 0.959. The Balaban J connectivity index is 1.31. The number of fused-ring (bicyclic) bond motifs is 1. The zero-order valence-electron chi connectivity index (χ0n) is 20.0. The molecule has 2 heterocycles. The van der Waals surface area contributed by atoms with E-state index in [-0.39, 0.29) is 18.0 Å². The van der Waals surface area contributed by atoms with Gasteiger partial charge in [0.2, 0.25) is 0 Å². The number of carbonyl (C=O) groups is 1. The quantitative estimate of drug-likeness (QED) is 0.414. The second-order valence-electron chi connectivity index (χ2n) is 9.05. The van der Waals surface area contributed by atoms with Gasteiger partial charge in [0.1, 0.15) is 17.5 Å². The average molecular weight is 473 g/mol. The number of nitrogens with zero attached hydrogens (tertiary/aromatic N) is 4. The second kappa shape index (κ2) is 9.82. The molecule has 1 aliphatic rings. The fourth-order valence-electron chi connectivity index (χ4n) is 4.71. The van der Waals surface area contributed by atoms with Gasteiger partial charge in [-0.3, -0.25) is 4.79 Å². The Morgan fingerprint density at radius 3 is 2.49 bits per heavy atom. The van der Waals surface area contributed by atoms with Crippen LogP contribution in [-0.4, -0.2) is 37.7 Å². The third-order valence-corrected chi connectivity index (χ3v) is 6.56. The lowest BCUT2D eigenvalue weighted by atomic mass is 9.91. The molecule has 1 aliphatic carbocycles. The SMILES string of the molecule is CCc1nc(NC2CCC(NC(=O)c3cccc(F)c3)CC2)c2c(C)nn(-c3ccccc3)c2n1. The molecule has 35 heavy (non-hydrogen) atoms. The maximum absolute atomic E-state index is 13.5. The Kier molecular flexibility index (Phi) is 6.44. The summed E-state index contributed by atoms with van der Waals surface area (Å²) in [6.45, 7) is 4.04. The Morgan fingerprint density at radius 2 is 1.77 bits per heavy atom. The second-order valence-corrected chi connectivity index (χ2v) is 9.05. The van der Waals surface area contributed by atoms with Gasteiger partial charge in [-0.25, -0.2) is 19.0 Å². The molecule has 5 rings (SSSR count). The Morgan fingerprint density at radius 1 is 1.03 bits per heavy atom. The predicted molar refractivity (Wildman–Crippen MR) is 134 cm³/mol. The molecule has 0 saturated heterocycles. The molecular weight excluding hydrogens is 443 g/mol. The number of anilines is 1. The number of benzene rings is 2. The third-order valence-electron chi connectivity index (χ3n) is 6.56. The Labute approximate surface area is 203 Å². The van der Waals surface area contributed by atoms with E-state index < -0.39 is 5.82 Å². The van der Waals surface area contributed by atoms with E-state index in [1.54, 1.807) is 12.1 Å². The van der Waals surface area contributed by atoms with Crippen molar-refractivity contribution in [2.75, 3.05) is 5.32 Å². The number of aryl methyl sites for hydroxylation is 2. The lowest BCUT2D eigenvalue weighted by Crippen LogP contribution is -2.40. The van der Waals surface area contributed by atoms with Gasteiger partial charge < -0.3 is 10.6 Å². The van der Waals surface area contributed by atoms with E-state index in [0.29, 0.717) is 5.56 Å². The van der Waals surface area contributed by atoms with E-state index in [2.05, 4.69) is 10.6 Å². The fourth-order valence-corrected chi connectivity index (χ4v) is 4.71. The number of halogens is 1. The molecule has 7 nitrogen and oxygen atoms in total. The lowest BCUT2D eigenvalue weighted by Gasteiger charge is -2.30. The molecule has 0 aliphatic heterocycles. The highest BCUT2D eigenvalue weighted by Gasteiger charge is 2.25. The van der Waals surface area contributed by atoms with Crippen LogP contribution < -0.4 is 10.6 Å². The number of nitrogens with one attached hydrogen (secondary N) is 2. The van der Waals surface area contributed by atoms with Gasteiger partial charge in [-0.1, -0.05) is 31.2 Å². The summed E-state index contributed by atoms with van der Waals surface area (Å²) in [7, 11) is 0. The van der Waals surface area contributed by atoms with Crippen molar-refractivity contribution in [2.45, 2.75) is 58.0 Å². The normalized spacial score (nSPS) is 17.9. The highest BCUT2D eigenvalue weighted by molar-refractivity contribution is 5.94. The molecule has 0 bridgehead atoms. The molecule has 0 radical (unpaired) electrons. The molecule has 2 N–H and O–H groups in total. The van der Waals surface area contributed by atoms with Gasteiger partial charge in [-0.2, -0.15) is 5.10 Å². The van der Waals surface area contributed by atoms with Crippen molar-refractivity contribution in [1.82, 2.24) is 25.1 Å². The van der Waals surface area contributed by atoms with Crippen LogP contribution in [0.4, 0.5) is 10.2 Å². The maximum Gasteiger partial charge on any atom is 0.251 e. The molecule has 180 valence electrons. The number of hydrogen-bond donors (Lipinski definition) is 2. The zero-order valence-corrected chi connectivity index (χ0v) is 20.0. The van der Waals surface area contributed by atoms with Gasteiger partial charge in [-0.15, -0.1) is 0 Å². The molecule has 1 fully saturated rings. The molecule has 0 atom stereocenters. The molecule has 1 amide bonds. The average Bonchev–Trinajstić information content (AvgIpc) is 3.22.